The average Bonchev–Trinajstić information content (AvgIpc) is 2.42. The minimum Gasteiger partial charge on any atom is -0.396 e. The summed E-state index contributed by atoms with van der Waals surface area (Å²) in [6, 6.07) is 0.233. The van der Waals surface area contributed by atoms with Gasteiger partial charge in [-0.2, -0.15) is 0 Å². The van der Waals surface area contributed by atoms with E-state index in [0.29, 0.717) is 5.92 Å². The second kappa shape index (κ2) is 7.07. The summed E-state index contributed by atoms with van der Waals surface area (Å²) in [5, 5.41) is 11.8. The highest BCUT2D eigenvalue weighted by molar-refractivity contribution is 5.87. The van der Waals surface area contributed by atoms with Crippen LogP contribution in [0.4, 0.5) is 0 Å². The maximum Gasteiger partial charge on any atom is 0.241 e. The van der Waals surface area contributed by atoms with E-state index >= 15 is 0 Å². The Labute approximate surface area is 121 Å². The molecule has 1 aliphatic rings. The van der Waals surface area contributed by atoms with Crippen LogP contribution in [-0.2, 0) is 9.59 Å². The number of hydrogen-bond acceptors (Lipinski definition) is 3. The smallest absolute Gasteiger partial charge is 0.241 e. The highest BCUT2D eigenvalue weighted by Gasteiger charge is 2.27. The van der Waals surface area contributed by atoms with Crippen LogP contribution in [0.3, 0.4) is 0 Å². The Bertz CT molecular complexity index is 342. The largest absolute Gasteiger partial charge is 0.396 e. The Balaban J connectivity index is 2.38. The van der Waals surface area contributed by atoms with Crippen molar-refractivity contribution in [3.05, 3.63) is 0 Å². The first-order valence-corrected chi connectivity index (χ1v) is 7.40. The van der Waals surface area contributed by atoms with Gasteiger partial charge < -0.3 is 15.3 Å². The number of nitrogens with one attached hydrogen (secondary N) is 1. The van der Waals surface area contributed by atoms with Crippen molar-refractivity contribution >= 4 is 11.8 Å². The highest BCUT2D eigenvalue weighted by Crippen LogP contribution is 2.26. The van der Waals surface area contributed by atoms with Crippen LogP contribution in [0.1, 0.15) is 46.5 Å². The summed E-state index contributed by atoms with van der Waals surface area (Å²) >= 11 is 0. The minimum atomic E-state index is -0.474. The maximum atomic E-state index is 12.1. The molecule has 1 rings (SSSR count). The molecule has 0 saturated heterocycles. The standard InChI is InChI=1S/C15H28N2O3/c1-15(2,3)14(20)16-9-13(19)17(4)12-7-5-11(10-18)6-8-12/h11-12,18H,5-10H2,1-4H3,(H,16,20). The van der Waals surface area contributed by atoms with Crippen LogP contribution in [0.2, 0.25) is 0 Å². The normalized spacial score (nSPS) is 23.2. The number of carbonyl (C=O) groups is 2. The van der Waals surface area contributed by atoms with E-state index in [9.17, 15) is 9.59 Å². The van der Waals surface area contributed by atoms with Crippen molar-refractivity contribution in [2.75, 3.05) is 20.2 Å². The van der Waals surface area contributed by atoms with Crippen molar-refractivity contribution in [3.8, 4) is 0 Å². The lowest BCUT2D eigenvalue weighted by molar-refractivity contribution is -0.136. The molecule has 0 radical (unpaired) electrons. The van der Waals surface area contributed by atoms with E-state index in [1.807, 2.05) is 20.8 Å². The predicted molar refractivity (Wildman–Crippen MR) is 78.1 cm³/mol. The van der Waals surface area contributed by atoms with Crippen molar-refractivity contribution < 1.29 is 14.7 Å². The molecule has 0 bridgehead atoms. The van der Waals surface area contributed by atoms with E-state index < -0.39 is 5.41 Å². The first-order chi connectivity index (χ1) is 9.25. The first kappa shape index (κ1) is 17.0. The van der Waals surface area contributed by atoms with E-state index in [1.165, 1.54) is 0 Å². The Hall–Kier alpha value is -1.10. The van der Waals surface area contributed by atoms with Gasteiger partial charge in [-0.15, -0.1) is 0 Å². The van der Waals surface area contributed by atoms with Crippen LogP contribution in [-0.4, -0.2) is 48.1 Å². The summed E-state index contributed by atoms with van der Waals surface area (Å²) in [4.78, 5) is 25.6. The van der Waals surface area contributed by atoms with E-state index in [0.717, 1.165) is 25.7 Å². The number of carbonyl (C=O) groups excluding carboxylic acids is 2. The molecule has 1 fully saturated rings. The molecule has 0 unspecified atom stereocenters. The lowest BCUT2D eigenvalue weighted by Crippen LogP contribution is -2.46. The highest BCUT2D eigenvalue weighted by atomic mass is 16.3. The third-order valence-electron chi connectivity index (χ3n) is 4.10. The fourth-order valence-corrected chi connectivity index (χ4v) is 2.46. The van der Waals surface area contributed by atoms with E-state index in [1.54, 1.807) is 11.9 Å². The van der Waals surface area contributed by atoms with Gasteiger partial charge in [0.1, 0.15) is 0 Å². The zero-order chi connectivity index (χ0) is 15.3. The quantitative estimate of drug-likeness (QED) is 0.814. The minimum absolute atomic E-state index is 0.0463. The second-order valence-electron chi connectivity index (χ2n) is 6.79. The Kier molecular flexibility index (Phi) is 5.99. The molecule has 0 spiro atoms. The zero-order valence-corrected chi connectivity index (χ0v) is 13.1. The van der Waals surface area contributed by atoms with Gasteiger partial charge in [0.2, 0.25) is 11.8 Å². The van der Waals surface area contributed by atoms with Crippen LogP contribution in [0.15, 0.2) is 0 Å². The van der Waals surface area contributed by atoms with E-state index in [2.05, 4.69) is 5.32 Å². The van der Waals surface area contributed by atoms with Gasteiger partial charge in [0.05, 0.1) is 6.54 Å². The van der Waals surface area contributed by atoms with Gasteiger partial charge in [-0.25, -0.2) is 0 Å². The number of likely N-dealkylation sites (N-methyl/N-ethyl adjacent to an activating group) is 1. The van der Waals surface area contributed by atoms with Gasteiger partial charge in [0.15, 0.2) is 0 Å². The number of hydrogen-bond donors (Lipinski definition) is 2. The van der Waals surface area contributed by atoms with Gasteiger partial charge in [-0.3, -0.25) is 9.59 Å². The van der Waals surface area contributed by atoms with E-state index in [4.69, 9.17) is 5.11 Å². The van der Waals surface area contributed by atoms with E-state index in [-0.39, 0.29) is 31.0 Å². The van der Waals surface area contributed by atoms with Crippen LogP contribution < -0.4 is 5.32 Å². The number of nitrogens with zero attached hydrogens (tertiary/aromatic N) is 1. The average molecular weight is 284 g/mol. The molecule has 1 saturated carbocycles. The Morgan fingerprint density at radius 3 is 2.20 bits per heavy atom. The molecule has 5 nitrogen and oxygen atoms in total. The fraction of sp³-hybridized carbons (Fsp3) is 0.867. The van der Waals surface area contributed by atoms with Crippen molar-refractivity contribution in [2.24, 2.45) is 11.3 Å². The number of rotatable bonds is 4. The third-order valence-corrected chi connectivity index (χ3v) is 4.10. The maximum absolute atomic E-state index is 12.1. The zero-order valence-electron chi connectivity index (χ0n) is 13.1. The van der Waals surface area contributed by atoms with Crippen LogP contribution in [0.25, 0.3) is 0 Å². The van der Waals surface area contributed by atoms with Gasteiger partial charge in [-0.1, -0.05) is 20.8 Å². The molecule has 0 aromatic heterocycles. The van der Waals surface area contributed by atoms with Crippen molar-refractivity contribution in [2.45, 2.75) is 52.5 Å². The molecule has 0 aromatic rings. The number of aliphatic hydroxyl groups is 1. The molecule has 0 atom stereocenters. The Morgan fingerprint density at radius 1 is 1.20 bits per heavy atom. The third kappa shape index (κ3) is 4.78. The molecular formula is C15H28N2O3. The van der Waals surface area contributed by atoms with Gasteiger partial charge >= 0.3 is 0 Å². The molecule has 2 amide bonds. The molecule has 5 heteroatoms. The first-order valence-electron chi connectivity index (χ1n) is 7.40. The fourth-order valence-electron chi connectivity index (χ4n) is 2.46. The second-order valence-corrected chi connectivity index (χ2v) is 6.79. The summed E-state index contributed by atoms with van der Waals surface area (Å²) in [5.41, 5.74) is -0.474. The van der Waals surface area contributed by atoms with Gasteiger partial charge in [0, 0.05) is 25.1 Å². The lowest BCUT2D eigenvalue weighted by atomic mass is 9.86. The topological polar surface area (TPSA) is 69.6 Å². The lowest BCUT2D eigenvalue weighted by Gasteiger charge is -2.34. The predicted octanol–water partition coefficient (Wildman–Crippen LogP) is 1.16. The van der Waals surface area contributed by atoms with Gasteiger partial charge in [-0.05, 0) is 31.6 Å². The molecule has 0 aliphatic heterocycles. The van der Waals surface area contributed by atoms with Crippen LogP contribution in [0.5, 0.6) is 0 Å². The SMILES string of the molecule is CN(C(=O)CNC(=O)C(C)(C)C)C1CCC(CO)CC1. The van der Waals surface area contributed by atoms with Crippen molar-refractivity contribution in [1.29, 1.82) is 0 Å². The van der Waals surface area contributed by atoms with Crippen LogP contribution >= 0.6 is 0 Å². The summed E-state index contributed by atoms with van der Waals surface area (Å²) in [7, 11) is 1.80. The molecule has 116 valence electrons. The van der Waals surface area contributed by atoms with Gasteiger partial charge in [0.25, 0.3) is 0 Å². The number of aliphatic hydroxyl groups excluding tert-OH is 1. The van der Waals surface area contributed by atoms with Crippen molar-refractivity contribution in [1.82, 2.24) is 10.2 Å². The summed E-state index contributed by atoms with van der Waals surface area (Å²) < 4.78 is 0. The monoisotopic (exact) mass is 284 g/mol. The molecular weight excluding hydrogens is 256 g/mol. The summed E-state index contributed by atoms with van der Waals surface area (Å²) in [6.07, 6.45) is 3.79. The molecule has 1 aliphatic carbocycles. The van der Waals surface area contributed by atoms with Crippen molar-refractivity contribution in [3.63, 3.8) is 0 Å². The number of amides is 2. The molecule has 20 heavy (non-hydrogen) atoms. The molecule has 0 aromatic carbocycles. The summed E-state index contributed by atoms with van der Waals surface area (Å²) in [6.45, 7) is 5.78. The van der Waals surface area contributed by atoms with Crippen LogP contribution in [0, 0.1) is 11.3 Å². The Morgan fingerprint density at radius 2 is 1.75 bits per heavy atom. The molecule has 2 N–H and O–H groups in total. The molecule has 0 heterocycles. The summed E-state index contributed by atoms with van der Waals surface area (Å²) in [5.74, 6) is 0.230.